The molecule has 0 fully saturated rings. The highest BCUT2D eigenvalue weighted by molar-refractivity contribution is 5.26. The summed E-state index contributed by atoms with van der Waals surface area (Å²) >= 11 is 0. The number of benzene rings is 1. The molecule has 2 N–H and O–H groups in total. The number of nitrogens with one attached hydrogen (secondary N) is 2. The van der Waals surface area contributed by atoms with Crippen LogP contribution in [0.4, 0.5) is 13.2 Å². The molecule has 0 aromatic heterocycles. The number of hydrogen-bond acceptors (Lipinski definition) is 2. The van der Waals surface area contributed by atoms with Crippen LogP contribution >= 0.6 is 0 Å². The lowest BCUT2D eigenvalue weighted by Crippen LogP contribution is -2.32. The molecule has 0 saturated carbocycles. The van der Waals surface area contributed by atoms with E-state index < -0.39 is 11.7 Å². The molecule has 0 saturated heterocycles. The Morgan fingerprint density at radius 2 is 1.83 bits per heavy atom. The average Bonchev–Trinajstić information content (AvgIpc) is 2.51. The molecule has 1 aliphatic carbocycles. The van der Waals surface area contributed by atoms with E-state index in [0.717, 1.165) is 42.8 Å². The van der Waals surface area contributed by atoms with E-state index in [2.05, 4.69) is 35.8 Å². The summed E-state index contributed by atoms with van der Waals surface area (Å²) in [5.74, 6) is 0.433. The largest absolute Gasteiger partial charge is 0.416 e. The summed E-state index contributed by atoms with van der Waals surface area (Å²) in [6.45, 7) is 2.96. The van der Waals surface area contributed by atoms with E-state index in [0.29, 0.717) is 12.0 Å². The second kappa shape index (κ2) is 7.68. The third-order valence-electron chi connectivity index (χ3n) is 4.08. The Kier molecular flexibility index (Phi) is 5.88. The highest BCUT2D eigenvalue weighted by atomic mass is 19.4. The van der Waals surface area contributed by atoms with Gasteiger partial charge >= 0.3 is 6.18 Å². The number of aryl methyl sites for hydroxylation is 1. The molecule has 2 unspecified atom stereocenters. The Bertz CT molecular complexity index is 559. The predicted octanol–water partition coefficient (Wildman–Crippen LogP) is 3.91. The van der Waals surface area contributed by atoms with E-state index in [1.807, 2.05) is 7.05 Å². The summed E-state index contributed by atoms with van der Waals surface area (Å²) in [5.41, 5.74) is 1.44. The summed E-state index contributed by atoms with van der Waals surface area (Å²) in [4.78, 5) is 0. The van der Waals surface area contributed by atoms with Crippen molar-refractivity contribution in [1.29, 1.82) is 0 Å². The van der Waals surface area contributed by atoms with Crippen LogP contribution in [-0.4, -0.2) is 19.6 Å². The van der Waals surface area contributed by atoms with Crippen LogP contribution in [0.1, 0.15) is 24.5 Å². The van der Waals surface area contributed by atoms with Crippen molar-refractivity contribution in [2.75, 3.05) is 13.6 Å². The molecule has 1 aromatic carbocycles. The van der Waals surface area contributed by atoms with E-state index in [9.17, 15) is 13.2 Å². The fraction of sp³-hybridized carbons (Fsp3) is 0.444. The van der Waals surface area contributed by atoms with Gasteiger partial charge in [-0.25, -0.2) is 0 Å². The van der Waals surface area contributed by atoms with E-state index in [-0.39, 0.29) is 0 Å². The first-order chi connectivity index (χ1) is 10.9. The summed E-state index contributed by atoms with van der Waals surface area (Å²) < 4.78 is 37.5. The Morgan fingerprint density at radius 3 is 2.39 bits per heavy atom. The lowest BCUT2D eigenvalue weighted by Gasteiger charge is -2.23. The molecule has 0 heterocycles. The minimum absolute atomic E-state index is 0.368. The van der Waals surface area contributed by atoms with Crippen molar-refractivity contribution < 1.29 is 13.2 Å². The maximum atomic E-state index is 12.5. The molecule has 0 amide bonds. The first-order valence-electron chi connectivity index (χ1n) is 7.87. The third kappa shape index (κ3) is 5.13. The minimum atomic E-state index is -4.26. The van der Waals surface area contributed by atoms with Gasteiger partial charge in [0.2, 0.25) is 0 Å². The molecule has 0 radical (unpaired) electrons. The maximum Gasteiger partial charge on any atom is 0.416 e. The van der Waals surface area contributed by atoms with Crippen molar-refractivity contribution >= 4 is 0 Å². The second-order valence-electron chi connectivity index (χ2n) is 5.88. The molecule has 0 spiro atoms. The summed E-state index contributed by atoms with van der Waals surface area (Å²) in [6, 6.07) is 5.78. The number of likely N-dealkylation sites (N-methyl/N-ethyl adjacent to an activating group) is 1. The van der Waals surface area contributed by atoms with Crippen molar-refractivity contribution in [1.82, 2.24) is 10.6 Å². The van der Waals surface area contributed by atoms with Gasteiger partial charge in [-0.05, 0) is 49.6 Å². The van der Waals surface area contributed by atoms with Crippen molar-refractivity contribution in [2.24, 2.45) is 5.92 Å². The molecule has 0 bridgehead atoms. The lowest BCUT2D eigenvalue weighted by molar-refractivity contribution is -0.137. The van der Waals surface area contributed by atoms with Gasteiger partial charge in [0.05, 0.1) is 5.56 Å². The summed E-state index contributed by atoms with van der Waals surface area (Å²) in [5, 5.41) is 6.61. The van der Waals surface area contributed by atoms with Crippen LogP contribution < -0.4 is 10.6 Å². The molecule has 0 aliphatic heterocycles. The topological polar surface area (TPSA) is 24.1 Å². The highest BCUT2D eigenvalue weighted by Gasteiger charge is 2.29. The second-order valence-corrected chi connectivity index (χ2v) is 5.88. The molecule has 126 valence electrons. The minimum Gasteiger partial charge on any atom is -0.385 e. The smallest absolute Gasteiger partial charge is 0.385 e. The predicted molar refractivity (Wildman–Crippen MR) is 87.0 cm³/mol. The molecule has 2 rings (SSSR count). The zero-order chi connectivity index (χ0) is 16.9. The number of halogens is 3. The zero-order valence-corrected chi connectivity index (χ0v) is 13.5. The molecule has 5 heteroatoms. The molecule has 1 aliphatic rings. The van der Waals surface area contributed by atoms with Crippen LogP contribution in [0.2, 0.25) is 0 Å². The first-order valence-corrected chi connectivity index (χ1v) is 7.87. The fourth-order valence-electron chi connectivity index (χ4n) is 2.69. The monoisotopic (exact) mass is 324 g/mol. The van der Waals surface area contributed by atoms with Gasteiger partial charge in [-0.2, -0.15) is 13.2 Å². The van der Waals surface area contributed by atoms with Gasteiger partial charge in [0.1, 0.15) is 0 Å². The van der Waals surface area contributed by atoms with Crippen LogP contribution in [-0.2, 0) is 12.6 Å². The van der Waals surface area contributed by atoms with Crippen LogP contribution in [0.25, 0.3) is 0 Å². The van der Waals surface area contributed by atoms with Gasteiger partial charge in [0, 0.05) is 18.3 Å². The molecule has 2 atom stereocenters. The van der Waals surface area contributed by atoms with E-state index in [4.69, 9.17) is 0 Å². The Labute approximate surface area is 135 Å². The first kappa shape index (κ1) is 17.6. The Hall–Kier alpha value is -1.75. The Morgan fingerprint density at radius 1 is 1.13 bits per heavy atom. The van der Waals surface area contributed by atoms with E-state index >= 15 is 0 Å². The quantitative estimate of drug-likeness (QED) is 0.776. The van der Waals surface area contributed by atoms with Gasteiger partial charge < -0.3 is 10.6 Å². The van der Waals surface area contributed by atoms with Gasteiger partial charge in [0.15, 0.2) is 0 Å². The average molecular weight is 324 g/mol. The number of allylic oxidation sites excluding steroid dienone is 1. The third-order valence-corrected chi connectivity index (χ3v) is 4.08. The molecule has 2 nitrogen and oxygen atoms in total. The molecule has 1 aromatic rings. The van der Waals surface area contributed by atoms with Crippen LogP contribution in [0.15, 0.2) is 48.2 Å². The highest BCUT2D eigenvalue weighted by Crippen LogP contribution is 2.29. The molecule has 23 heavy (non-hydrogen) atoms. The van der Waals surface area contributed by atoms with Crippen molar-refractivity contribution in [2.45, 2.75) is 32.0 Å². The number of hydrogen-bond donors (Lipinski definition) is 2. The standard InChI is InChI=1S/C18H23F3N2/c1-13-12-16(9-10-17(13)22-2)23-11-3-4-14-5-7-15(8-6-14)18(19,20)21/h5-10,12-13,17,22-23H,3-4,11H2,1-2H3. The lowest BCUT2D eigenvalue weighted by atomic mass is 9.96. The summed E-state index contributed by atoms with van der Waals surface area (Å²) in [6.07, 6.45) is 3.78. The van der Waals surface area contributed by atoms with Gasteiger partial charge in [-0.15, -0.1) is 0 Å². The van der Waals surface area contributed by atoms with Crippen LogP contribution in [0.5, 0.6) is 0 Å². The van der Waals surface area contributed by atoms with Gasteiger partial charge in [0.25, 0.3) is 0 Å². The van der Waals surface area contributed by atoms with Gasteiger partial charge in [-0.3, -0.25) is 0 Å². The van der Waals surface area contributed by atoms with Crippen molar-refractivity contribution in [3.63, 3.8) is 0 Å². The van der Waals surface area contributed by atoms with E-state index in [1.54, 1.807) is 12.1 Å². The summed E-state index contributed by atoms with van der Waals surface area (Å²) in [7, 11) is 1.95. The normalized spacial score (nSPS) is 21.2. The fourth-order valence-corrected chi connectivity index (χ4v) is 2.69. The molecular weight excluding hydrogens is 301 g/mol. The maximum absolute atomic E-state index is 12.5. The number of rotatable bonds is 6. The SMILES string of the molecule is CNC1C=CC(NCCCc2ccc(C(F)(F)F)cc2)=CC1C. The van der Waals surface area contributed by atoms with Crippen molar-refractivity contribution in [3.05, 3.63) is 59.3 Å². The van der Waals surface area contributed by atoms with E-state index in [1.165, 1.54) is 0 Å². The van der Waals surface area contributed by atoms with Gasteiger partial charge in [-0.1, -0.05) is 31.2 Å². The van der Waals surface area contributed by atoms with Crippen LogP contribution in [0, 0.1) is 5.92 Å². The van der Waals surface area contributed by atoms with Crippen LogP contribution in [0.3, 0.4) is 0 Å². The molecular formula is C18H23F3N2. The zero-order valence-electron chi connectivity index (χ0n) is 13.5. The Balaban J connectivity index is 1.75. The van der Waals surface area contributed by atoms with Crippen molar-refractivity contribution in [3.8, 4) is 0 Å². The number of alkyl halides is 3.